The molecule has 96 valence electrons. The molecule has 0 aliphatic rings. The van der Waals surface area contributed by atoms with Crippen LogP contribution in [0.2, 0.25) is 0 Å². The molecule has 0 aliphatic carbocycles. The van der Waals surface area contributed by atoms with Crippen molar-refractivity contribution in [3.05, 3.63) is 54.2 Å². The van der Waals surface area contributed by atoms with Crippen LogP contribution in [0.5, 0.6) is 0 Å². The van der Waals surface area contributed by atoms with Gasteiger partial charge in [-0.2, -0.15) is 0 Å². The number of aryl methyl sites for hydroxylation is 1. The van der Waals surface area contributed by atoms with Gasteiger partial charge in [-0.25, -0.2) is 9.78 Å². The van der Waals surface area contributed by atoms with Gasteiger partial charge in [-0.1, -0.05) is 12.7 Å². The van der Waals surface area contributed by atoms with Gasteiger partial charge in [0.15, 0.2) is 0 Å². The largest absolute Gasteiger partial charge is 0.478 e. The lowest BCUT2D eigenvalue weighted by Gasteiger charge is -1.92. The number of rotatable bonds is 4. The van der Waals surface area contributed by atoms with Crippen LogP contribution >= 0.6 is 0 Å². The average Bonchev–Trinajstić information content (AvgIpc) is 2.78. The molecule has 5 nitrogen and oxygen atoms in total. The Bertz CT molecular complexity index is 642. The molecule has 19 heavy (non-hydrogen) atoms. The summed E-state index contributed by atoms with van der Waals surface area (Å²) in [6.45, 7) is 5.18. The summed E-state index contributed by atoms with van der Waals surface area (Å²) in [5.74, 6) is -0.106. The maximum absolute atomic E-state index is 10.9. The van der Waals surface area contributed by atoms with E-state index in [9.17, 15) is 4.79 Å². The van der Waals surface area contributed by atoms with Crippen molar-refractivity contribution in [2.24, 2.45) is 0 Å². The smallest absolute Gasteiger partial charge is 0.335 e. The normalized spacial score (nSPS) is 11.3. The summed E-state index contributed by atoms with van der Waals surface area (Å²) in [7, 11) is 0. The zero-order valence-electron chi connectivity index (χ0n) is 10.3. The highest BCUT2D eigenvalue weighted by molar-refractivity contribution is 5.95. The maximum atomic E-state index is 10.9. The SMILES string of the molecule is C=C/C(=C\c1nc(-c2cccnc2)oc1C)C(=O)O. The number of nitrogens with zero attached hydrogens (tertiary/aromatic N) is 2. The fraction of sp³-hybridized carbons (Fsp3) is 0.0714. The number of aromatic nitrogens is 2. The molecule has 2 aromatic rings. The molecular weight excluding hydrogens is 244 g/mol. The van der Waals surface area contributed by atoms with Crippen LogP contribution in [0.4, 0.5) is 0 Å². The molecule has 0 atom stereocenters. The van der Waals surface area contributed by atoms with Crippen LogP contribution in [0, 0.1) is 6.92 Å². The molecule has 0 aliphatic heterocycles. The van der Waals surface area contributed by atoms with Gasteiger partial charge in [0.05, 0.1) is 11.1 Å². The summed E-state index contributed by atoms with van der Waals surface area (Å²) in [5, 5.41) is 8.94. The third kappa shape index (κ3) is 2.77. The van der Waals surface area contributed by atoms with Crippen LogP contribution in [-0.2, 0) is 4.79 Å². The second-order valence-electron chi connectivity index (χ2n) is 3.81. The predicted octanol–water partition coefficient (Wildman–Crippen LogP) is 2.70. The summed E-state index contributed by atoms with van der Waals surface area (Å²) >= 11 is 0. The second-order valence-corrected chi connectivity index (χ2v) is 3.81. The third-order valence-corrected chi connectivity index (χ3v) is 2.50. The lowest BCUT2D eigenvalue weighted by molar-refractivity contribution is -0.132. The number of carbonyl (C=O) groups is 1. The number of carboxylic acid groups (broad SMARTS) is 1. The first-order chi connectivity index (χ1) is 9.11. The quantitative estimate of drug-likeness (QED) is 0.672. The van der Waals surface area contributed by atoms with Gasteiger partial charge in [-0.05, 0) is 25.1 Å². The molecule has 0 spiro atoms. The first-order valence-corrected chi connectivity index (χ1v) is 5.57. The van der Waals surface area contributed by atoms with E-state index in [0.717, 1.165) is 5.56 Å². The van der Waals surface area contributed by atoms with E-state index >= 15 is 0 Å². The maximum Gasteiger partial charge on any atom is 0.335 e. The van der Waals surface area contributed by atoms with Gasteiger partial charge in [0.2, 0.25) is 5.89 Å². The number of aliphatic carboxylic acids is 1. The molecule has 0 bridgehead atoms. The van der Waals surface area contributed by atoms with Crippen molar-refractivity contribution in [1.29, 1.82) is 0 Å². The zero-order valence-corrected chi connectivity index (χ0v) is 10.3. The van der Waals surface area contributed by atoms with E-state index in [1.807, 2.05) is 6.07 Å². The molecule has 2 aromatic heterocycles. The van der Waals surface area contributed by atoms with E-state index in [4.69, 9.17) is 9.52 Å². The highest BCUT2D eigenvalue weighted by Crippen LogP contribution is 2.22. The number of hydrogen-bond acceptors (Lipinski definition) is 4. The Labute approximate surface area is 109 Å². The zero-order chi connectivity index (χ0) is 13.8. The summed E-state index contributed by atoms with van der Waals surface area (Å²) in [6, 6.07) is 3.59. The number of carboxylic acids is 1. The molecule has 0 saturated carbocycles. The Morgan fingerprint density at radius 3 is 2.89 bits per heavy atom. The van der Waals surface area contributed by atoms with Gasteiger partial charge in [0, 0.05) is 12.4 Å². The van der Waals surface area contributed by atoms with Crippen molar-refractivity contribution in [3.63, 3.8) is 0 Å². The Balaban J connectivity index is 2.43. The Morgan fingerprint density at radius 1 is 1.53 bits per heavy atom. The topological polar surface area (TPSA) is 76.2 Å². The van der Waals surface area contributed by atoms with Crippen LogP contribution in [0.3, 0.4) is 0 Å². The highest BCUT2D eigenvalue weighted by atomic mass is 16.4. The van der Waals surface area contributed by atoms with Crippen LogP contribution in [0.15, 0.2) is 47.2 Å². The molecule has 0 amide bonds. The van der Waals surface area contributed by atoms with Crippen molar-refractivity contribution in [2.75, 3.05) is 0 Å². The van der Waals surface area contributed by atoms with Gasteiger partial charge in [-0.15, -0.1) is 0 Å². The molecule has 0 aromatic carbocycles. The van der Waals surface area contributed by atoms with Gasteiger partial charge in [0.1, 0.15) is 11.5 Å². The van der Waals surface area contributed by atoms with Gasteiger partial charge in [-0.3, -0.25) is 4.98 Å². The molecule has 2 rings (SSSR count). The van der Waals surface area contributed by atoms with E-state index in [1.54, 1.807) is 25.4 Å². The lowest BCUT2D eigenvalue weighted by atomic mass is 10.2. The molecule has 0 unspecified atom stereocenters. The minimum Gasteiger partial charge on any atom is -0.478 e. The minimum absolute atomic E-state index is 0.0640. The summed E-state index contributed by atoms with van der Waals surface area (Å²) < 4.78 is 5.50. The van der Waals surface area contributed by atoms with Gasteiger partial charge in [0.25, 0.3) is 0 Å². The van der Waals surface area contributed by atoms with Crippen LogP contribution in [0.25, 0.3) is 17.5 Å². The van der Waals surface area contributed by atoms with Gasteiger partial charge >= 0.3 is 5.97 Å². The van der Waals surface area contributed by atoms with Crippen molar-refractivity contribution in [1.82, 2.24) is 9.97 Å². The molecule has 2 heterocycles. The van der Waals surface area contributed by atoms with Crippen molar-refractivity contribution >= 4 is 12.0 Å². The molecule has 0 radical (unpaired) electrons. The molecule has 1 N–H and O–H groups in total. The fourth-order valence-corrected chi connectivity index (χ4v) is 1.51. The number of hydrogen-bond donors (Lipinski definition) is 1. The highest BCUT2D eigenvalue weighted by Gasteiger charge is 2.12. The van der Waals surface area contributed by atoms with Crippen molar-refractivity contribution in [2.45, 2.75) is 6.92 Å². The van der Waals surface area contributed by atoms with Crippen molar-refractivity contribution in [3.8, 4) is 11.5 Å². The van der Waals surface area contributed by atoms with Crippen LogP contribution in [0.1, 0.15) is 11.5 Å². The first kappa shape index (κ1) is 12.8. The molecule has 0 fully saturated rings. The molecule has 0 saturated heterocycles. The number of pyridine rings is 1. The van der Waals surface area contributed by atoms with Crippen LogP contribution < -0.4 is 0 Å². The third-order valence-electron chi connectivity index (χ3n) is 2.50. The summed E-state index contributed by atoms with van der Waals surface area (Å²) in [6.07, 6.45) is 5.97. The van der Waals surface area contributed by atoms with Crippen molar-refractivity contribution < 1.29 is 14.3 Å². The molecular formula is C14H12N2O3. The Kier molecular flexibility index (Phi) is 3.56. The van der Waals surface area contributed by atoms with Gasteiger partial charge < -0.3 is 9.52 Å². The minimum atomic E-state index is -1.06. The predicted molar refractivity (Wildman–Crippen MR) is 70.3 cm³/mol. The first-order valence-electron chi connectivity index (χ1n) is 5.57. The van der Waals surface area contributed by atoms with E-state index in [1.165, 1.54) is 12.2 Å². The Morgan fingerprint density at radius 2 is 2.32 bits per heavy atom. The van der Waals surface area contributed by atoms with Crippen LogP contribution in [-0.4, -0.2) is 21.0 Å². The molecule has 5 heteroatoms. The second kappa shape index (κ2) is 5.30. The average molecular weight is 256 g/mol. The monoisotopic (exact) mass is 256 g/mol. The van der Waals surface area contributed by atoms with E-state index < -0.39 is 5.97 Å². The standard InChI is InChI=1S/C14H12N2O3/c1-3-10(14(17)18)7-12-9(2)19-13(16-12)11-5-4-6-15-8-11/h3-8H,1H2,2H3,(H,17,18)/b10-7+. The number of oxazole rings is 1. The summed E-state index contributed by atoms with van der Waals surface area (Å²) in [4.78, 5) is 19.2. The van der Waals surface area contributed by atoms with E-state index in [-0.39, 0.29) is 5.57 Å². The lowest BCUT2D eigenvalue weighted by Crippen LogP contribution is -1.97. The van der Waals surface area contributed by atoms with E-state index in [0.29, 0.717) is 17.3 Å². The Hall–Kier alpha value is -2.69. The van der Waals surface area contributed by atoms with E-state index in [2.05, 4.69) is 16.5 Å². The summed E-state index contributed by atoms with van der Waals surface area (Å²) in [5.41, 5.74) is 1.27. The fourth-order valence-electron chi connectivity index (χ4n) is 1.51.